The molecule has 1 amide bonds. The summed E-state index contributed by atoms with van der Waals surface area (Å²) in [5.41, 5.74) is 5.33. The molecule has 0 saturated carbocycles. The van der Waals surface area contributed by atoms with Gasteiger partial charge in [-0.2, -0.15) is 0 Å². The Kier molecular flexibility index (Phi) is 7.30. The van der Waals surface area contributed by atoms with Gasteiger partial charge in [0.1, 0.15) is 37.2 Å². The summed E-state index contributed by atoms with van der Waals surface area (Å²) in [7, 11) is 0. The third kappa shape index (κ3) is 5.56. The minimum Gasteiger partial charge on any atom is -0.491 e. The quantitative estimate of drug-likeness (QED) is 0.451. The Morgan fingerprint density at radius 1 is 0.919 bits per heavy atom. The maximum atomic E-state index is 13.7. The number of Topliss-reactive ketones (excluding diaryl/α,β-unsaturated/α-hetero) is 1. The summed E-state index contributed by atoms with van der Waals surface area (Å²) in [6, 6.07) is 19.1. The molecule has 1 saturated heterocycles. The first-order valence-electron chi connectivity index (χ1n) is 12.4. The maximum Gasteiger partial charge on any atom is 0.253 e. The number of benzene rings is 3. The molecule has 0 radical (unpaired) electrons. The number of alkyl halides is 1. The number of piperidine rings is 1. The number of amides is 1. The fraction of sp³-hybridized carbons (Fsp3) is 0.267. The van der Waals surface area contributed by atoms with Gasteiger partial charge in [0, 0.05) is 30.6 Å². The van der Waals surface area contributed by atoms with Gasteiger partial charge in [-0.15, -0.1) is 0 Å². The number of hydrogen-bond donors (Lipinski definition) is 0. The fourth-order valence-electron chi connectivity index (χ4n) is 4.89. The zero-order chi connectivity index (χ0) is 25.8. The van der Waals surface area contributed by atoms with E-state index in [-0.39, 0.29) is 37.1 Å². The topological polar surface area (TPSA) is 55.8 Å². The van der Waals surface area contributed by atoms with Crippen LogP contribution in [0.2, 0.25) is 0 Å². The second-order valence-electron chi connectivity index (χ2n) is 9.17. The number of ketones is 1. The third-order valence-electron chi connectivity index (χ3n) is 6.71. The highest BCUT2D eigenvalue weighted by atomic mass is 19.1. The molecule has 5 rings (SSSR count). The normalized spacial score (nSPS) is 15.1. The molecular formula is C30H27F2NO4. The predicted molar refractivity (Wildman–Crippen MR) is 136 cm³/mol. The number of fused-ring (bicyclic) bond motifs is 1. The highest BCUT2D eigenvalue weighted by Gasteiger charge is 2.25. The van der Waals surface area contributed by atoms with Gasteiger partial charge < -0.3 is 14.4 Å². The summed E-state index contributed by atoms with van der Waals surface area (Å²) in [6.07, 6.45) is 1.62. The van der Waals surface area contributed by atoms with Crippen LogP contribution in [0.3, 0.4) is 0 Å². The molecule has 2 heterocycles. The smallest absolute Gasteiger partial charge is 0.253 e. The Bertz CT molecular complexity index is 1320. The van der Waals surface area contributed by atoms with Gasteiger partial charge in [-0.1, -0.05) is 29.8 Å². The maximum absolute atomic E-state index is 13.7. The van der Waals surface area contributed by atoms with E-state index in [2.05, 4.69) is 0 Å². The first kappa shape index (κ1) is 24.7. The molecule has 0 aromatic heterocycles. The number of halogens is 2. The molecule has 37 heavy (non-hydrogen) atoms. The first-order valence-corrected chi connectivity index (χ1v) is 12.4. The van der Waals surface area contributed by atoms with Crippen molar-refractivity contribution in [1.29, 1.82) is 0 Å². The molecule has 0 atom stereocenters. The van der Waals surface area contributed by atoms with E-state index in [0.29, 0.717) is 43.0 Å². The van der Waals surface area contributed by atoms with Crippen LogP contribution in [-0.4, -0.2) is 49.6 Å². The van der Waals surface area contributed by atoms with E-state index in [9.17, 15) is 18.4 Å². The van der Waals surface area contributed by atoms with Crippen LogP contribution in [0.15, 0.2) is 72.3 Å². The Morgan fingerprint density at radius 2 is 1.57 bits per heavy atom. The number of nitrogens with zero attached hydrogens (tertiary/aromatic N) is 1. The molecule has 2 aliphatic heterocycles. The lowest BCUT2D eigenvalue weighted by Crippen LogP contribution is -2.36. The van der Waals surface area contributed by atoms with Crippen LogP contribution in [0.5, 0.6) is 11.5 Å². The van der Waals surface area contributed by atoms with Crippen molar-refractivity contribution < 1.29 is 27.8 Å². The van der Waals surface area contributed by atoms with Crippen molar-refractivity contribution in [2.75, 3.05) is 33.0 Å². The van der Waals surface area contributed by atoms with E-state index in [4.69, 9.17) is 9.47 Å². The van der Waals surface area contributed by atoms with Crippen molar-refractivity contribution in [3.63, 3.8) is 0 Å². The zero-order valence-electron chi connectivity index (χ0n) is 20.3. The van der Waals surface area contributed by atoms with Crippen LogP contribution in [0, 0.1) is 5.82 Å². The van der Waals surface area contributed by atoms with Crippen LogP contribution in [0.25, 0.3) is 5.57 Å². The van der Waals surface area contributed by atoms with Gasteiger partial charge in [0.05, 0.1) is 0 Å². The van der Waals surface area contributed by atoms with Gasteiger partial charge in [0.15, 0.2) is 5.78 Å². The fourth-order valence-corrected chi connectivity index (χ4v) is 4.89. The Balaban J connectivity index is 1.37. The molecule has 3 aromatic rings. The van der Waals surface area contributed by atoms with Crippen molar-refractivity contribution in [2.24, 2.45) is 0 Å². The summed E-state index contributed by atoms with van der Waals surface area (Å²) in [5, 5.41) is 0. The SMILES string of the molecule is O=C1COc2ccc(C(=O)N3CCC(=C(c4ccc(F)cc4)c4ccc(OCCF)cc4)CC3)cc2C1. The average molecular weight is 504 g/mol. The number of carbonyl (C=O) groups excluding carboxylic acids is 2. The first-order chi connectivity index (χ1) is 18.0. The molecule has 0 aliphatic carbocycles. The molecule has 0 unspecified atom stereocenters. The van der Waals surface area contributed by atoms with Crippen LogP contribution < -0.4 is 9.47 Å². The summed E-state index contributed by atoms with van der Waals surface area (Å²) >= 11 is 0. The molecular weight excluding hydrogens is 476 g/mol. The number of carbonyl (C=O) groups is 2. The van der Waals surface area contributed by atoms with Crippen LogP contribution in [-0.2, 0) is 11.2 Å². The minimum absolute atomic E-state index is 0.000168. The Morgan fingerprint density at radius 3 is 2.24 bits per heavy atom. The van der Waals surface area contributed by atoms with Gasteiger partial charge in [0.25, 0.3) is 5.91 Å². The molecule has 1 fully saturated rings. The second-order valence-corrected chi connectivity index (χ2v) is 9.17. The van der Waals surface area contributed by atoms with Crippen LogP contribution >= 0.6 is 0 Å². The number of rotatable bonds is 6. The number of hydrogen-bond acceptors (Lipinski definition) is 4. The van der Waals surface area contributed by atoms with E-state index in [1.165, 1.54) is 17.7 Å². The largest absolute Gasteiger partial charge is 0.491 e. The van der Waals surface area contributed by atoms with Gasteiger partial charge in [0.2, 0.25) is 0 Å². The Labute approximate surface area is 214 Å². The summed E-state index contributed by atoms with van der Waals surface area (Å²) in [5.74, 6) is 0.867. The molecule has 7 heteroatoms. The van der Waals surface area contributed by atoms with Crippen molar-refractivity contribution in [3.05, 3.63) is 100 Å². The highest BCUT2D eigenvalue weighted by molar-refractivity contribution is 5.95. The summed E-state index contributed by atoms with van der Waals surface area (Å²) in [4.78, 5) is 26.8. The molecule has 0 spiro atoms. The third-order valence-corrected chi connectivity index (χ3v) is 6.71. The van der Waals surface area contributed by atoms with Crippen molar-refractivity contribution in [3.8, 4) is 11.5 Å². The number of likely N-dealkylation sites (tertiary alicyclic amines) is 1. The highest BCUT2D eigenvalue weighted by Crippen LogP contribution is 2.34. The van der Waals surface area contributed by atoms with Crippen molar-refractivity contribution in [1.82, 2.24) is 4.90 Å². The van der Waals surface area contributed by atoms with Gasteiger partial charge in [-0.25, -0.2) is 8.78 Å². The van der Waals surface area contributed by atoms with E-state index >= 15 is 0 Å². The monoisotopic (exact) mass is 503 g/mol. The van der Waals surface area contributed by atoms with E-state index in [1.807, 2.05) is 17.0 Å². The van der Waals surface area contributed by atoms with Crippen LogP contribution in [0.1, 0.15) is 39.9 Å². The molecule has 190 valence electrons. The lowest BCUT2D eigenvalue weighted by Gasteiger charge is -2.31. The molecule has 3 aromatic carbocycles. The number of ether oxygens (including phenoxy) is 2. The van der Waals surface area contributed by atoms with E-state index in [0.717, 1.165) is 22.3 Å². The molecule has 5 nitrogen and oxygen atoms in total. The zero-order valence-corrected chi connectivity index (χ0v) is 20.3. The predicted octanol–water partition coefficient (Wildman–Crippen LogP) is 5.42. The van der Waals surface area contributed by atoms with E-state index < -0.39 is 6.67 Å². The minimum atomic E-state index is -0.556. The molecule has 0 bridgehead atoms. The Hall–Kier alpha value is -4.00. The van der Waals surface area contributed by atoms with Crippen LogP contribution in [0.4, 0.5) is 8.78 Å². The van der Waals surface area contributed by atoms with Crippen molar-refractivity contribution in [2.45, 2.75) is 19.3 Å². The average Bonchev–Trinajstić information content (AvgIpc) is 2.93. The van der Waals surface area contributed by atoms with Gasteiger partial charge in [-0.3, -0.25) is 9.59 Å². The van der Waals surface area contributed by atoms with Gasteiger partial charge in [-0.05, 0) is 72.0 Å². The lowest BCUT2D eigenvalue weighted by atomic mass is 9.88. The summed E-state index contributed by atoms with van der Waals surface area (Å²) < 4.78 is 36.9. The standard InChI is InChI=1S/C30H27F2NO4/c31-13-16-36-27-8-3-21(4-9-27)29(20-1-6-25(32)7-2-20)22-11-14-33(15-12-22)30(35)23-5-10-28-24(17-23)18-26(34)19-37-28/h1-10,17H,11-16,18-19H2. The van der Waals surface area contributed by atoms with Gasteiger partial charge >= 0.3 is 0 Å². The summed E-state index contributed by atoms with van der Waals surface area (Å²) in [6.45, 7) is 0.610. The van der Waals surface area contributed by atoms with Crippen molar-refractivity contribution >= 4 is 17.3 Å². The molecule has 2 aliphatic rings. The second kappa shape index (κ2) is 10.9. The molecule has 0 N–H and O–H groups in total. The van der Waals surface area contributed by atoms with E-state index in [1.54, 1.807) is 42.5 Å². The lowest BCUT2D eigenvalue weighted by molar-refractivity contribution is -0.121.